The lowest BCUT2D eigenvalue weighted by Crippen LogP contribution is -2.35. The summed E-state index contributed by atoms with van der Waals surface area (Å²) in [7, 11) is 0. The van der Waals surface area contributed by atoms with Crippen molar-refractivity contribution in [2.75, 3.05) is 6.54 Å². The minimum absolute atomic E-state index is 0.499. The van der Waals surface area contributed by atoms with Gasteiger partial charge in [0, 0.05) is 12.5 Å². The van der Waals surface area contributed by atoms with Gasteiger partial charge in [-0.1, -0.05) is 30.7 Å². The Morgan fingerprint density at radius 1 is 1.28 bits per heavy atom. The average molecular weight is 249 g/mol. The Morgan fingerprint density at radius 2 is 2.06 bits per heavy atom. The molecule has 1 fully saturated rings. The Bertz CT molecular complexity index is 375. The molecule has 1 unspecified atom stereocenters. The molecule has 0 amide bonds. The van der Waals surface area contributed by atoms with Crippen LogP contribution in [-0.2, 0) is 12.8 Å². The smallest absolute Gasteiger partial charge is 0.109 e. The zero-order valence-corrected chi connectivity index (χ0v) is 11.5. The molecule has 2 rings (SSSR count). The van der Waals surface area contributed by atoms with Crippen LogP contribution in [0.4, 0.5) is 4.39 Å². The topological polar surface area (TPSA) is 12.0 Å². The summed E-state index contributed by atoms with van der Waals surface area (Å²) >= 11 is 0. The first kappa shape index (κ1) is 13.5. The molecule has 1 saturated heterocycles. The Kier molecular flexibility index (Phi) is 4.39. The van der Waals surface area contributed by atoms with Crippen molar-refractivity contribution < 1.29 is 4.39 Å². The summed E-state index contributed by atoms with van der Waals surface area (Å²) in [5, 5.41) is 3.56. The van der Waals surface area contributed by atoms with E-state index in [0.717, 1.165) is 18.5 Å². The summed E-state index contributed by atoms with van der Waals surface area (Å²) in [6, 6.07) is 9.01. The largest absolute Gasteiger partial charge is 0.314 e. The van der Waals surface area contributed by atoms with Crippen molar-refractivity contribution in [1.29, 1.82) is 0 Å². The van der Waals surface area contributed by atoms with Crippen LogP contribution in [0.25, 0.3) is 0 Å². The number of piperidine rings is 1. The first-order valence-electron chi connectivity index (χ1n) is 7.03. The quantitative estimate of drug-likeness (QED) is 0.858. The fourth-order valence-electron chi connectivity index (χ4n) is 2.73. The van der Waals surface area contributed by atoms with Gasteiger partial charge in [-0.25, -0.2) is 4.39 Å². The number of alkyl halides is 1. The van der Waals surface area contributed by atoms with Crippen LogP contribution in [0.3, 0.4) is 0 Å². The molecule has 100 valence electrons. The number of rotatable bonds is 4. The van der Waals surface area contributed by atoms with Crippen molar-refractivity contribution in [3.63, 3.8) is 0 Å². The van der Waals surface area contributed by atoms with E-state index in [1.807, 2.05) is 6.07 Å². The maximum Gasteiger partial charge on any atom is 0.109 e. The number of nitrogens with one attached hydrogen (secondary N) is 1. The van der Waals surface area contributed by atoms with Crippen LogP contribution in [0.5, 0.6) is 0 Å². The molecule has 0 aromatic heterocycles. The molecule has 0 spiro atoms. The van der Waals surface area contributed by atoms with E-state index >= 15 is 0 Å². The van der Waals surface area contributed by atoms with E-state index in [2.05, 4.69) is 23.5 Å². The highest BCUT2D eigenvalue weighted by atomic mass is 19.1. The second-order valence-electron chi connectivity index (χ2n) is 6.07. The molecule has 0 saturated carbocycles. The van der Waals surface area contributed by atoms with Gasteiger partial charge in [-0.05, 0) is 50.8 Å². The fraction of sp³-hybridized carbons (Fsp3) is 0.625. The molecule has 0 aliphatic carbocycles. The summed E-state index contributed by atoms with van der Waals surface area (Å²) in [5.74, 6) is 0. The van der Waals surface area contributed by atoms with Crippen LogP contribution < -0.4 is 5.32 Å². The number of hydrogen-bond donors (Lipinski definition) is 1. The predicted molar refractivity (Wildman–Crippen MR) is 74.7 cm³/mol. The SMILES string of the molecule is CC(C)(F)Cc1cccc(CC2CCCCN2)c1. The number of benzene rings is 1. The van der Waals surface area contributed by atoms with Crippen molar-refractivity contribution in [2.45, 2.75) is 57.7 Å². The van der Waals surface area contributed by atoms with Gasteiger partial charge >= 0.3 is 0 Å². The third-order valence-electron chi connectivity index (χ3n) is 3.51. The van der Waals surface area contributed by atoms with Gasteiger partial charge < -0.3 is 5.32 Å². The molecule has 1 nitrogen and oxygen atoms in total. The lowest BCUT2D eigenvalue weighted by atomic mass is 9.94. The third-order valence-corrected chi connectivity index (χ3v) is 3.51. The number of hydrogen-bond acceptors (Lipinski definition) is 1. The monoisotopic (exact) mass is 249 g/mol. The molecular formula is C16H24FN. The van der Waals surface area contributed by atoms with Crippen molar-refractivity contribution >= 4 is 0 Å². The van der Waals surface area contributed by atoms with Gasteiger partial charge in [-0.15, -0.1) is 0 Å². The second-order valence-corrected chi connectivity index (χ2v) is 6.07. The lowest BCUT2D eigenvalue weighted by molar-refractivity contribution is 0.217. The Labute approximate surface area is 110 Å². The van der Waals surface area contributed by atoms with Crippen LogP contribution >= 0.6 is 0 Å². The molecule has 1 heterocycles. The highest BCUT2D eigenvalue weighted by Crippen LogP contribution is 2.19. The van der Waals surface area contributed by atoms with Crippen molar-refractivity contribution in [3.05, 3.63) is 35.4 Å². The van der Waals surface area contributed by atoms with Crippen LogP contribution in [0.1, 0.15) is 44.2 Å². The molecule has 1 aromatic carbocycles. The molecule has 0 bridgehead atoms. The summed E-state index contributed by atoms with van der Waals surface area (Å²) in [4.78, 5) is 0. The van der Waals surface area contributed by atoms with Crippen molar-refractivity contribution in [2.24, 2.45) is 0 Å². The predicted octanol–water partition coefficient (Wildman–Crippen LogP) is 3.66. The minimum atomic E-state index is -1.12. The zero-order valence-electron chi connectivity index (χ0n) is 11.5. The Balaban J connectivity index is 1.98. The maximum atomic E-state index is 13.7. The molecular weight excluding hydrogens is 225 g/mol. The van der Waals surface area contributed by atoms with Gasteiger partial charge in [0.25, 0.3) is 0 Å². The van der Waals surface area contributed by atoms with Crippen LogP contribution in [0, 0.1) is 0 Å². The van der Waals surface area contributed by atoms with Gasteiger partial charge in [-0.2, -0.15) is 0 Å². The van der Waals surface area contributed by atoms with Gasteiger partial charge in [0.05, 0.1) is 0 Å². The minimum Gasteiger partial charge on any atom is -0.314 e. The molecule has 1 atom stereocenters. The number of halogens is 1. The second kappa shape index (κ2) is 5.83. The lowest BCUT2D eigenvalue weighted by Gasteiger charge is -2.23. The maximum absolute atomic E-state index is 13.7. The first-order chi connectivity index (χ1) is 8.53. The van der Waals surface area contributed by atoms with E-state index in [1.165, 1.54) is 24.8 Å². The molecule has 1 aliphatic rings. The van der Waals surface area contributed by atoms with Crippen LogP contribution in [-0.4, -0.2) is 18.3 Å². The van der Waals surface area contributed by atoms with Gasteiger partial charge in [0.15, 0.2) is 0 Å². The highest BCUT2D eigenvalue weighted by molar-refractivity contribution is 5.25. The van der Waals surface area contributed by atoms with E-state index in [4.69, 9.17) is 0 Å². The van der Waals surface area contributed by atoms with E-state index in [-0.39, 0.29) is 0 Å². The van der Waals surface area contributed by atoms with Crippen LogP contribution in [0.2, 0.25) is 0 Å². The van der Waals surface area contributed by atoms with E-state index in [1.54, 1.807) is 13.8 Å². The molecule has 0 radical (unpaired) electrons. The fourth-order valence-corrected chi connectivity index (χ4v) is 2.73. The van der Waals surface area contributed by atoms with E-state index in [0.29, 0.717) is 12.5 Å². The molecule has 1 N–H and O–H groups in total. The highest BCUT2D eigenvalue weighted by Gasteiger charge is 2.17. The third kappa shape index (κ3) is 4.41. The molecule has 1 aliphatic heterocycles. The normalized spacial score (nSPS) is 20.9. The first-order valence-corrected chi connectivity index (χ1v) is 7.03. The van der Waals surface area contributed by atoms with Gasteiger partial charge in [-0.3, -0.25) is 0 Å². The van der Waals surface area contributed by atoms with E-state index < -0.39 is 5.67 Å². The Hall–Kier alpha value is -0.890. The van der Waals surface area contributed by atoms with Crippen molar-refractivity contribution in [3.8, 4) is 0 Å². The summed E-state index contributed by atoms with van der Waals surface area (Å²) in [6.45, 7) is 4.42. The van der Waals surface area contributed by atoms with Gasteiger partial charge in [0.2, 0.25) is 0 Å². The average Bonchev–Trinajstić information content (AvgIpc) is 2.28. The van der Waals surface area contributed by atoms with Gasteiger partial charge in [0.1, 0.15) is 5.67 Å². The van der Waals surface area contributed by atoms with E-state index in [9.17, 15) is 4.39 Å². The summed E-state index contributed by atoms with van der Waals surface area (Å²) < 4.78 is 13.7. The molecule has 2 heteroatoms. The Morgan fingerprint density at radius 3 is 2.72 bits per heavy atom. The summed E-state index contributed by atoms with van der Waals surface area (Å²) in [6.07, 6.45) is 5.46. The van der Waals surface area contributed by atoms with Crippen LogP contribution in [0.15, 0.2) is 24.3 Å². The zero-order chi connectivity index (χ0) is 13.0. The van der Waals surface area contributed by atoms with Crippen molar-refractivity contribution in [1.82, 2.24) is 5.32 Å². The molecule has 1 aromatic rings. The summed E-state index contributed by atoms with van der Waals surface area (Å²) in [5.41, 5.74) is 1.31. The standard InChI is InChI=1S/C16H24FN/c1-16(2,17)12-14-7-5-6-13(10-14)11-15-8-3-4-9-18-15/h5-7,10,15,18H,3-4,8-9,11-12H2,1-2H3. The molecule has 18 heavy (non-hydrogen) atoms.